The monoisotopic (exact) mass is 233 g/mol. The highest BCUT2D eigenvalue weighted by Crippen LogP contribution is 2.26. The molecule has 82 valence electrons. The van der Waals surface area contributed by atoms with Gasteiger partial charge in [-0.05, 0) is 23.9 Å². The van der Waals surface area contributed by atoms with E-state index in [4.69, 9.17) is 11.1 Å². The highest BCUT2D eigenvalue weighted by molar-refractivity contribution is 7.99. The first-order valence-electron chi connectivity index (χ1n) is 4.63. The van der Waals surface area contributed by atoms with E-state index < -0.39 is 0 Å². The van der Waals surface area contributed by atoms with Crippen molar-refractivity contribution in [3.63, 3.8) is 0 Å². The van der Waals surface area contributed by atoms with Crippen molar-refractivity contribution in [2.24, 2.45) is 12.8 Å². The third kappa shape index (κ3) is 2.06. The van der Waals surface area contributed by atoms with Crippen molar-refractivity contribution in [2.45, 2.75) is 10.2 Å². The third-order valence-corrected chi connectivity index (χ3v) is 3.12. The molecule has 0 aliphatic carbocycles. The minimum Gasteiger partial charge on any atom is -0.384 e. The molecule has 2 heterocycles. The number of nitrogens with one attached hydrogen (secondary N) is 1. The average molecular weight is 233 g/mol. The van der Waals surface area contributed by atoms with Gasteiger partial charge in [-0.3, -0.25) is 5.41 Å². The molecule has 0 spiro atoms. The molecule has 0 bridgehead atoms. The second-order valence-electron chi connectivity index (χ2n) is 3.19. The van der Waals surface area contributed by atoms with Crippen LogP contribution in [0.5, 0.6) is 0 Å². The van der Waals surface area contributed by atoms with E-state index in [1.54, 1.807) is 24.5 Å². The SMILES string of the molecule is Cn1ccnc1Sc1ncccc1C(=N)N. The van der Waals surface area contributed by atoms with Crippen molar-refractivity contribution in [2.75, 3.05) is 0 Å². The van der Waals surface area contributed by atoms with E-state index in [0.717, 1.165) is 5.16 Å². The van der Waals surface area contributed by atoms with Crippen LogP contribution in [0.25, 0.3) is 0 Å². The fourth-order valence-electron chi connectivity index (χ4n) is 1.21. The molecule has 2 aromatic heterocycles. The van der Waals surface area contributed by atoms with Gasteiger partial charge < -0.3 is 10.3 Å². The van der Waals surface area contributed by atoms with Crippen molar-refractivity contribution in [3.05, 3.63) is 36.3 Å². The van der Waals surface area contributed by atoms with Crippen LogP contribution in [0.1, 0.15) is 5.56 Å². The molecule has 0 unspecified atom stereocenters. The molecule has 0 aromatic carbocycles. The Labute approximate surface area is 97.2 Å². The summed E-state index contributed by atoms with van der Waals surface area (Å²) in [6, 6.07) is 3.54. The minimum absolute atomic E-state index is 0.0183. The van der Waals surface area contributed by atoms with E-state index in [0.29, 0.717) is 10.6 Å². The molecule has 16 heavy (non-hydrogen) atoms. The Morgan fingerprint density at radius 2 is 2.25 bits per heavy atom. The summed E-state index contributed by atoms with van der Waals surface area (Å²) >= 11 is 1.40. The maximum atomic E-state index is 7.46. The highest BCUT2D eigenvalue weighted by Gasteiger charge is 2.10. The van der Waals surface area contributed by atoms with Gasteiger partial charge in [0, 0.05) is 31.2 Å². The Bertz CT molecular complexity index is 519. The van der Waals surface area contributed by atoms with Crippen LogP contribution >= 0.6 is 11.8 Å². The van der Waals surface area contributed by atoms with Gasteiger partial charge in [-0.25, -0.2) is 9.97 Å². The second kappa shape index (κ2) is 4.36. The molecule has 6 heteroatoms. The molecule has 0 saturated carbocycles. The lowest BCUT2D eigenvalue weighted by atomic mass is 10.3. The number of aryl methyl sites for hydroxylation is 1. The van der Waals surface area contributed by atoms with E-state index in [1.807, 2.05) is 17.8 Å². The number of rotatable bonds is 3. The highest BCUT2D eigenvalue weighted by atomic mass is 32.2. The fourth-order valence-corrected chi connectivity index (χ4v) is 2.11. The zero-order chi connectivity index (χ0) is 11.5. The normalized spacial score (nSPS) is 10.3. The topological polar surface area (TPSA) is 80.6 Å². The first kappa shape index (κ1) is 10.7. The van der Waals surface area contributed by atoms with E-state index >= 15 is 0 Å². The second-order valence-corrected chi connectivity index (χ2v) is 4.15. The Morgan fingerprint density at radius 3 is 2.88 bits per heavy atom. The Morgan fingerprint density at radius 1 is 1.44 bits per heavy atom. The number of nitrogen functional groups attached to an aromatic ring is 1. The predicted molar refractivity (Wildman–Crippen MR) is 62.6 cm³/mol. The number of hydrogen-bond acceptors (Lipinski definition) is 4. The lowest BCUT2D eigenvalue weighted by molar-refractivity contribution is 0.788. The number of aromatic nitrogens is 3. The standard InChI is InChI=1S/C10H11N5S/c1-15-6-5-14-10(15)16-9-7(8(11)12)3-2-4-13-9/h2-6H,1H3,(H3,11,12). The molecule has 0 atom stereocenters. The number of nitrogens with two attached hydrogens (primary N) is 1. The zero-order valence-electron chi connectivity index (χ0n) is 8.71. The zero-order valence-corrected chi connectivity index (χ0v) is 9.53. The van der Waals surface area contributed by atoms with Gasteiger partial charge >= 0.3 is 0 Å². The van der Waals surface area contributed by atoms with E-state index in [-0.39, 0.29) is 5.84 Å². The van der Waals surface area contributed by atoms with Crippen LogP contribution in [0.4, 0.5) is 0 Å². The maximum absolute atomic E-state index is 7.46. The molecule has 2 rings (SSSR count). The molecule has 3 N–H and O–H groups in total. The van der Waals surface area contributed by atoms with Gasteiger partial charge in [-0.15, -0.1) is 0 Å². The van der Waals surface area contributed by atoms with Gasteiger partial charge in [0.25, 0.3) is 0 Å². The minimum atomic E-state index is 0.0183. The average Bonchev–Trinajstić information content (AvgIpc) is 2.65. The Hall–Kier alpha value is -1.82. The molecular formula is C10H11N5S. The molecule has 0 aliphatic rings. The third-order valence-electron chi connectivity index (χ3n) is 2.03. The largest absolute Gasteiger partial charge is 0.384 e. The number of nitrogens with zero attached hydrogens (tertiary/aromatic N) is 3. The quantitative estimate of drug-likeness (QED) is 0.617. The summed E-state index contributed by atoms with van der Waals surface area (Å²) in [5, 5.41) is 8.97. The van der Waals surface area contributed by atoms with E-state index in [9.17, 15) is 0 Å². The molecule has 0 aliphatic heterocycles. The first-order chi connectivity index (χ1) is 7.68. The molecule has 0 amide bonds. The summed E-state index contributed by atoms with van der Waals surface area (Å²) in [6.45, 7) is 0. The molecule has 2 aromatic rings. The van der Waals surface area contributed by atoms with Crippen LogP contribution in [0.3, 0.4) is 0 Å². The van der Waals surface area contributed by atoms with Crippen LogP contribution in [0.15, 0.2) is 40.9 Å². The van der Waals surface area contributed by atoms with Crippen LogP contribution in [-0.2, 0) is 7.05 Å². The summed E-state index contributed by atoms with van der Waals surface area (Å²) in [6.07, 6.45) is 5.26. The van der Waals surface area contributed by atoms with Crippen LogP contribution in [0.2, 0.25) is 0 Å². The van der Waals surface area contributed by atoms with Crippen LogP contribution in [-0.4, -0.2) is 20.4 Å². The summed E-state index contributed by atoms with van der Waals surface area (Å²) in [5.41, 5.74) is 6.12. The van der Waals surface area contributed by atoms with Gasteiger partial charge in [0.1, 0.15) is 10.9 Å². The van der Waals surface area contributed by atoms with Crippen molar-refractivity contribution in [1.29, 1.82) is 5.41 Å². The predicted octanol–water partition coefficient (Wildman–Crippen LogP) is 1.25. The molecular weight excluding hydrogens is 222 g/mol. The van der Waals surface area contributed by atoms with Gasteiger partial charge in [-0.2, -0.15) is 0 Å². The Balaban J connectivity index is 2.35. The first-order valence-corrected chi connectivity index (χ1v) is 5.44. The summed E-state index contributed by atoms with van der Waals surface area (Å²) in [7, 11) is 1.91. The number of pyridine rings is 1. The summed E-state index contributed by atoms with van der Waals surface area (Å²) in [4.78, 5) is 8.39. The fraction of sp³-hybridized carbons (Fsp3) is 0.100. The van der Waals surface area contributed by atoms with Crippen molar-refractivity contribution in [1.82, 2.24) is 14.5 Å². The summed E-state index contributed by atoms with van der Waals surface area (Å²) < 4.78 is 1.89. The van der Waals surface area contributed by atoms with E-state index in [1.165, 1.54) is 11.8 Å². The van der Waals surface area contributed by atoms with Crippen molar-refractivity contribution in [3.8, 4) is 0 Å². The van der Waals surface area contributed by atoms with Gasteiger partial charge in [0.2, 0.25) is 0 Å². The number of hydrogen-bond donors (Lipinski definition) is 2. The molecule has 5 nitrogen and oxygen atoms in total. The maximum Gasteiger partial charge on any atom is 0.174 e. The molecule has 0 saturated heterocycles. The van der Waals surface area contributed by atoms with Gasteiger partial charge in [0.15, 0.2) is 5.16 Å². The van der Waals surface area contributed by atoms with Gasteiger partial charge in [-0.1, -0.05) is 0 Å². The number of amidine groups is 1. The Kier molecular flexibility index (Phi) is 2.91. The van der Waals surface area contributed by atoms with Gasteiger partial charge in [0.05, 0.1) is 0 Å². The molecule has 0 fully saturated rings. The lowest BCUT2D eigenvalue weighted by Gasteiger charge is -2.05. The van der Waals surface area contributed by atoms with Crippen molar-refractivity contribution >= 4 is 17.6 Å². The summed E-state index contributed by atoms with van der Waals surface area (Å²) in [5.74, 6) is 0.0183. The molecule has 0 radical (unpaired) electrons. The van der Waals surface area contributed by atoms with Crippen LogP contribution < -0.4 is 5.73 Å². The van der Waals surface area contributed by atoms with Crippen LogP contribution in [0, 0.1) is 5.41 Å². The smallest absolute Gasteiger partial charge is 0.174 e. The number of imidazole rings is 1. The van der Waals surface area contributed by atoms with E-state index in [2.05, 4.69) is 9.97 Å². The van der Waals surface area contributed by atoms with Crippen molar-refractivity contribution < 1.29 is 0 Å². The lowest BCUT2D eigenvalue weighted by Crippen LogP contribution is -2.12.